The monoisotopic (exact) mass is 511 g/mol. The van der Waals surface area contributed by atoms with Gasteiger partial charge in [-0.25, -0.2) is 9.07 Å². The van der Waals surface area contributed by atoms with Gasteiger partial charge >= 0.3 is 0 Å². The minimum Gasteiger partial charge on any atom is -0.299 e. The maximum Gasteiger partial charge on any atom is 0.274 e. The molecule has 1 unspecified atom stereocenters. The third-order valence-corrected chi connectivity index (χ3v) is 6.90. The third kappa shape index (κ3) is 5.92. The van der Waals surface area contributed by atoms with Crippen molar-refractivity contribution in [1.29, 1.82) is 0 Å². The Morgan fingerprint density at radius 2 is 1.57 bits per heavy atom. The maximum absolute atomic E-state index is 13.4. The highest BCUT2D eigenvalue weighted by atomic mass is 35.5. The minimum absolute atomic E-state index is 0. The molecule has 1 aliphatic heterocycles. The van der Waals surface area contributed by atoms with Crippen molar-refractivity contribution in [3.05, 3.63) is 111 Å². The van der Waals surface area contributed by atoms with E-state index in [4.69, 9.17) is 16.7 Å². The first-order chi connectivity index (χ1) is 16.6. The molecule has 0 amide bonds. The fraction of sp³-hybridized carbons (Fsp3) is 0.286. The zero-order valence-corrected chi connectivity index (χ0v) is 20.9. The zero-order chi connectivity index (χ0) is 23.5. The summed E-state index contributed by atoms with van der Waals surface area (Å²) in [7, 11) is 0. The molecule has 1 atom stereocenters. The Hall–Kier alpha value is -2.73. The normalized spacial score (nSPS) is 16.6. The Morgan fingerprint density at radius 1 is 0.886 bits per heavy atom. The Balaban J connectivity index is 0.00000289. The SMILES string of the molecule is Cl.O=c1c2ccccc2c(Cc2ccc(Cl)cc2)nn1C1CCCN(Cc2ccc(F)cc2)CC1. The Labute approximate surface area is 215 Å². The molecule has 182 valence electrons. The van der Waals surface area contributed by atoms with E-state index in [9.17, 15) is 9.18 Å². The summed E-state index contributed by atoms with van der Waals surface area (Å²) in [5, 5.41) is 7.24. The molecular weight excluding hydrogens is 484 g/mol. The van der Waals surface area contributed by atoms with Crippen LogP contribution in [0.5, 0.6) is 0 Å². The highest BCUT2D eigenvalue weighted by Crippen LogP contribution is 2.25. The Kier molecular flexibility index (Phi) is 8.22. The first-order valence-corrected chi connectivity index (χ1v) is 12.2. The fourth-order valence-corrected chi connectivity index (χ4v) is 4.96. The van der Waals surface area contributed by atoms with Gasteiger partial charge in [0.15, 0.2) is 0 Å². The number of nitrogens with zero attached hydrogens (tertiary/aromatic N) is 3. The molecule has 1 aromatic heterocycles. The van der Waals surface area contributed by atoms with Crippen LogP contribution >= 0.6 is 24.0 Å². The highest BCUT2D eigenvalue weighted by molar-refractivity contribution is 6.30. The summed E-state index contributed by atoms with van der Waals surface area (Å²) in [6, 6.07) is 22.3. The Morgan fingerprint density at radius 3 is 2.31 bits per heavy atom. The number of rotatable bonds is 5. The van der Waals surface area contributed by atoms with Crippen molar-refractivity contribution >= 4 is 34.8 Å². The van der Waals surface area contributed by atoms with Crippen LogP contribution in [0.4, 0.5) is 4.39 Å². The lowest BCUT2D eigenvalue weighted by Gasteiger charge is -2.21. The van der Waals surface area contributed by atoms with Crippen molar-refractivity contribution in [2.45, 2.75) is 38.3 Å². The predicted octanol–water partition coefficient (Wildman–Crippen LogP) is 6.43. The van der Waals surface area contributed by atoms with Gasteiger partial charge in [-0.15, -0.1) is 12.4 Å². The zero-order valence-electron chi connectivity index (χ0n) is 19.4. The predicted molar refractivity (Wildman–Crippen MR) is 142 cm³/mol. The van der Waals surface area contributed by atoms with E-state index in [1.54, 1.807) is 4.68 Å². The van der Waals surface area contributed by atoms with E-state index in [1.807, 2.05) is 60.7 Å². The van der Waals surface area contributed by atoms with E-state index in [-0.39, 0.29) is 29.8 Å². The molecule has 35 heavy (non-hydrogen) atoms. The number of hydrogen-bond acceptors (Lipinski definition) is 3. The molecule has 3 aromatic carbocycles. The van der Waals surface area contributed by atoms with Gasteiger partial charge in [-0.2, -0.15) is 5.10 Å². The van der Waals surface area contributed by atoms with Gasteiger partial charge in [0.1, 0.15) is 5.82 Å². The van der Waals surface area contributed by atoms with Crippen molar-refractivity contribution in [1.82, 2.24) is 14.7 Å². The first-order valence-electron chi connectivity index (χ1n) is 11.8. The van der Waals surface area contributed by atoms with E-state index < -0.39 is 0 Å². The van der Waals surface area contributed by atoms with Crippen LogP contribution in [0.15, 0.2) is 77.6 Å². The summed E-state index contributed by atoms with van der Waals surface area (Å²) in [5.74, 6) is -0.212. The molecule has 1 saturated heterocycles. The smallest absolute Gasteiger partial charge is 0.274 e. The summed E-state index contributed by atoms with van der Waals surface area (Å²) < 4.78 is 15.0. The maximum atomic E-state index is 13.4. The second-order valence-electron chi connectivity index (χ2n) is 9.03. The molecule has 0 bridgehead atoms. The molecule has 5 rings (SSSR count). The molecular formula is C28H28Cl2FN3O. The van der Waals surface area contributed by atoms with Gasteiger partial charge in [-0.1, -0.05) is 54.1 Å². The molecule has 1 fully saturated rings. The first kappa shape index (κ1) is 25.4. The molecule has 7 heteroatoms. The second-order valence-corrected chi connectivity index (χ2v) is 9.47. The van der Waals surface area contributed by atoms with Crippen LogP contribution < -0.4 is 5.56 Å². The van der Waals surface area contributed by atoms with Gasteiger partial charge < -0.3 is 0 Å². The molecule has 0 spiro atoms. The van der Waals surface area contributed by atoms with E-state index in [0.717, 1.165) is 61.1 Å². The molecule has 0 N–H and O–H groups in total. The van der Waals surface area contributed by atoms with E-state index >= 15 is 0 Å². The molecule has 0 radical (unpaired) electrons. The van der Waals surface area contributed by atoms with Crippen LogP contribution in [-0.4, -0.2) is 27.8 Å². The van der Waals surface area contributed by atoms with Crippen molar-refractivity contribution < 1.29 is 4.39 Å². The van der Waals surface area contributed by atoms with E-state index in [1.165, 1.54) is 12.1 Å². The van der Waals surface area contributed by atoms with Crippen LogP contribution in [-0.2, 0) is 13.0 Å². The van der Waals surface area contributed by atoms with E-state index in [2.05, 4.69) is 4.90 Å². The molecule has 4 nitrogen and oxygen atoms in total. The number of benzene rings is 3. The van der Waals surface area contributed by atoms with Gasteiger partial charge in [-0.3, -0.25) is 9.69 Å². The van der Waals surface area contributed by atoms with Crippen molar-refractivity contribution in [3.8, 4) is 0 Å². The second kappa shape index (κ2) is 11.3. The van der Waals surface area contributed by atoms with Gasteiger partial charge in [0.2, 0.25) is 0 Å². The molecule has 0 aliphatic carbocycles. The van der Waals surface area contributed by atoms with E-state index in [0.29, 0.717) is 16.8 Å². The van der Waals surface area contributed by atoms with Crippen LogP contribution in [0.3, 0.4) is 0 Å². The Bertz CT molecular complexity index is 1340. The lowest BCUT2D eigenvalue weighted by atomic mass is 10.0. The molecule has 1 aliphatic rings. The summed E-state index contributed by atoms with van der Waals surface area (Å²) in [6.07, 6.45) is 3.39. The summed E-state index contributed by atoms with van der Waals surface area (Å²) in [6.45, 7) is 2.61. The molecule has 4 aromatic rings. The van der Waals surface area contributed by atoms with Crippen molar-refractivity contribution in [2.24, 2.45) is 0 Å². The van der Waals surface area contributed by atoms with Crippen molar-refractivity contribution in [2.75, 3.05) is 13.1 Å². The number of likely N-dealkylation sites (tertiary alicyclic amines) is 1. The fourth-order valence-electron chi connectivity index (χ4n) is 4.84. The van der Waals surface area contributed by atoms with Gasteiger partial charge in [0.25, 0.3) is 5.56 Å². The average molecular weight is 512 g/mol. The number of halogens is 3. The summed E-state index contributed by atoms with van der Waals surface area (Å²) in [4.78, 5) is 15.8. The number of hydrogen-bond donors (Lipinski definition) is 0. The van der Waals surface area contributed by atoms with Gasteiger partial charge in [0.05, 0.1) is 17.1 Å². The highest BCUT2D eigenvalue weighted by Gasteiger charge is 2.22. The summed E-state index contributed by atoms with van der Waals surface area (Å²) in [5.41, 5.74) is 3.10. The minimum atomic E-state index is -0.212. The van der Waals surface area contributed by atoms with Crippen LogP contribution in [0.2, 0.25) is 5.02 Å². The average Bonchev–Trinajstić information content (AvgIpc) is 3.09. The van der Waals surface area contributed by atoms with Crippen LogP contribution in [0, 0.1) is 5.82 Å². The van der Waals surface area contributed by atoms with Crippen LogP contribution in [0.25, 0.3) is 10.8 Å². The van der Waals surface area contributed by atoms with Gasteiger partial charge in [-0.05, 0) is 67.3 Å². The standard InChI is InChI=1S/C28H27ClFN3O.ClH/c29-22-11-7-20(8-12-22)18-27-25-5-1-2-6-26(25)28(34)33(31-27)24-4-3-16-32(17-15-24)19-21-9-13-23(30)14-10-21;/h1-2,5-14,24H,3-4,15-19H2;1H. The van der Waals surface area contributed by atoms with Crippen molar-refractivity contribution in [3.63, 3.8) is 0 Å². The number of aromatic nitrogens is 2. The summed E-state index contributed by atoms with van der Waals surface area (Å²) >= 11 is 6.06. The lowest BCUT2D eigenvalue weighted by Crippen LogP contribution is -2.30. The lowest BCUT2D eigenvalue weighted by molar-refractivity contribution is 0.270. The van der Waals surface area contributed by atoms with Gasteiger partial charge in [0, 0.05) is 29.9 Å². The quantitative estimate of drug-likeness (QED) is 0.309. The number of fused-ring (bicyclic) bond motifs is 1. The van der Waals surface area contributed by atoms with Crippen LogP contribution in [0.1, 0.15) is 42.1 Å². The largest absolute Gasteiger partial charge is 0.299 e. The topological polar surface area (TPSA) is 38.1 Å². The third-order valence-electron chi connectivity index (χ3n) is 6.65. The molecule has 2 heterocycles. The molecule has 0 saturated carbocycles.